The molecule has 2 N–H and O–H groups in total. The summed E-state index contributed by atoms with van der Waals surface area (Å²) >= 11 is 1.50. The maximum atomic E-state index is 4.23. The van der Waals surface area contributed by atoms with Crippen LogP contribution in [0.5, 0.6) is 0 Å². The molecule has 0 unspecified atom stereocenters. The Hall–Kier alpha value is 1.52. The molecule has 0 bridgehead atoms. The summed E-state index contributed by atoms with van der Waals surface area (Å²) in [7, 11) is 0. The summed E-state index contributed by atoms with van der Waals surface area (Å²) in [4.78, 5) is 0. The van der Waals surface area contributed by atoms with Crippen LogP contribution >= 0.6 is 0 Å². The van der Waals surface area contributed by atoms with Crippen molar-refractivity contribution < 1.29 is 11.8 Å². The van der Waals surface area contributed by atoms with Crippen LogP contribution < -0.4 is 0 Å². The van der Waals surface area contributed by atoms with Crippen LogP contribution in [-0.4, -0.2) is 52.4 Å². The van der Waals surface area contributed by atoms with Gasteiger partial charge < -0.3 is 5.48 Å². The van der Waals surface area contributed by atoms with E-state index in [0.29, 0.717) is 0 Å². The Bertz CT molecular complexity index is 6.85. The van der Waals surface area contributed by atoms with Crippen LogP contribution in [-0.2, 0) is 6.33 Å². The Morgan fingerprint density at radius 1 is 1.00 bits per heavy atom. The monoisotopic (exact) mass is 296 g/mol. The molecule has 0 spiro atoms. The molecule has 5 heteroatoms. The van der Waals surface area contributed by atoms with Gasteiger partial charge in [-0.1, -0.05) is 0 Å². The molecule has 0 aromatic heterocycles. The van der Waals surface area contributed by atoms with Crippen molar-refractivity contribution in [2.75, 3.05) is 0 Å². The van der Waals surface area contributed by atoms with Crippen LogP contribution in [0.2, 0.25) is 0 Å². The van der Waals surface area contributed by atoms with Gasteiger partial charge in [-0.25, -0.2) is 0 Å². The molecule has 0 aliphatic carbocycles. The van der Waals surface area contributed by atoms with Crippen molar-refractivity contribution in [2.24, 2.45) is 0 Å². The molecule has 0 aliphatic heterocycles. The predicted octanol–water partition coefficient (Wildman–Crippen LogP) is -2.79. The molecule has 0 atom stereocenters. The van der Waals surface area contributed by atoms with Gasteiger partial charge in [0.05, 0.1) is 0 Å². The molecule has 5 heavy (non-hydrogen) atoms. The zero-order chi connectivity index (χ0) is 3.41. The molecule has 0 aromatic carbocycles. The van der Waals surface area contributed by atoms with Gasteiger partial charge in [-0.3, -0.25) is 0 Å². The molecule has 0 amide bonds. The molecule has 0 heterocycles. The third kappa shape index (κ3) is 10.8. The molecule has 0 fully saturated rings. The van der Waals surface area contributed by atoms with Gasteiger partial charge >= 0.3 is 53.2 Å². The van der Waals surface area contributed by atoms with Gasteiger partial charge in [0.15, 0.2) is 0 Å². The van der Waals surface area contributed by atoms with Crippen molar-refractivity contribution >= 4 is 46.9 Å². The van der Waals surface area contributed by atoms with E-state index >= 15 is 0 Å². The summed E-state index contributed by atoms with van der Waals surface area (Å²) in [5.41, 5.74) is 0. The second-order valence-electron chi connectivity index (χ2n) is 0.192. The van der Waals surface area contributed by atoms with E-state index in [1.807, 2.05) is 0 Å². The van der Waals surface area contributed by atoms with Crippen molar-refractivity contribution in [3.63, 3.8) is 0 Å². The molecule has 0 rings (SSSR count). The first-order valence-electron chi connectivity index (χ1n) is 0.638. The standard InChI is InChI=1S/O2.H2O.2Sb.4H/c1-2;;;;;;;/h;1H2;;;;;;/q-2;;2*+1;;;;. The second-order valence-corrected chi connectivity index (χ2v) is 1.29. The van der Waals surface area contributed by atoms with Crippen molar-refractivity contribution in [1.82, 2.24) is 0 Å². The summed E-state index contributed by atoms with van der Waals surface area (Å²) in [6.45, 7) is 0. The van der Waals surface area contributed by atoms with E-state index in [-0.39, 0.29) is 5.48 Å². The minimum absolute atomic E-state index is 0. The van der Waals surface area contributed by atoms with Crippen LogP contribution in [0, 0.1) is 0 Å². The van der Waals surface area contributed by atoms with E-state index in [0.717, 1.165) is 46.9 Å². The molecule has 0 radical (unpaired) electrons. The maximum absolute atomic E-state index is 4.23. The zero-order valence-corrected chi connectivity index (χ0v) is 9.06. The molecular weight excluding hydrogens is 292 g/mol. The third-order valence-electron chi connectivity index (χ3n) is 0.0556. The van der Waals surface area contributed by atoms with E-state index in [1.165, 1.54) is 0 Å². The predicted molar refractivity (Wildman–Crippen MR) is 22.9 cm³/mol. The minimum atomic E-state index is 0. The Morgan fingerprint density at radius 3 is 1.20 bits per heavy atom. The molecule has 0 aromatic rings. The van der Waals surface area contributed by atoms with Crippen molar-refractivity contribution in [3.8, 4) is 0 Å². The Kier molecular flexibility index (Phi) is 17.7. The Morgan fingerprint density at radius 2 is 1.20 bits per heavy atom. The van der Waals surface area contributed by atoms with E-state index in [9.17, 15) is 0 Å². The number of hydrogen-bond donors (Lipinski definition) is 0. The summed E-state index contributed by atoms with van der Waals surface area (Å²) < 4.78 is 8.46. The average Bonchev–Trinajstić information content (AvgIpc) is 1.37. The van der Waals surface area contributed by atoms with Crippen LogP contribution in [0.1, 0.15) is 0 Å². The van der Waals surface area contributed by atoms with Crippen LogP contribution in [0.4, 0.5) is 0 Å². The van der Waals surface area contributed by atoms with Crippen LogP contribution in [0.15, 0.2) is 0 Å². The molecule has 0 saturated heterocycles. The normalized spacial score (nSPS) is 6.00. The van der Waals surface area contributed by atoms with Gasteiger partial charge in [-0.05, 0) is 0 Å². The van der Waals surface area contributed by atoms with E-state index in [4.69, 9.17) is 0 Å². The van der Waals surface area contributed by atoms with Crippen LogP contribution in [0.3, 0.4) is 0 Å². The van der Waals surface area contributed by atoms with Crippen molar-refractivity contribution in [2.45, 2.75) is 0 Å². The van der Waals surface area contributed by atoms with Gasteiger partial charge in [-0.15, -0.1) is 0 Å². The second kappa shape index (κ2) is 9.10. The quantitative estimate of drug-likeness (QED) is 0.298. The van der Waals surface area contributed by atoms with Crippen molar-refractivity contribution in [3.05, 3.63) is 0 Å². The topological polar surface area (TPSA) is 50.0 Å². The van der Waals surface area contributed by atoms with Gasteiger partial charge in [0.25, 0.3) is 0 Å². The zero-order valence-electron chi connectivity index (χ0n) is 2.47. The van der Waals surface area contributed by atoms with Gasteiger partial charge in [-0.2, -0.15) is 0 Å². The number of hydrogen-bond acceptors (Lipinski definition) is 2. The Balaban J connectivity index is 0. The summed E-state index contributed by atoms with van der Waals surface area (Å²) in [6.07, 6.45) is 0. The fraction of sp³-hybridized carbons (Fsp3) is 0. The molecule has 34 valence electrons. The molecule has 3 nitrogen and oxygen atoms in total. The fourth-order valence-corrected chi connectivity index (χ4v) is 0. The number of rotatable bonds is 1. The van der Waals surface area contributed by atoms with Crippen LogP contribution in [0.25, 0.3) is 0 Å². The first-order valence-corrected chi connectivity index (χ1v) is 3.33. The summed E-state index contributed by atoms with van der Waals surface area (Å²) in [5.74, 6) is 0. The molecular formula is H6O3Sb2. The molecule has 0 saturated carbocycles. The fourth-order valence-electron chi connectivity index (χ4n) is 0. The van der Waals surface area contributed by atoms with E-state index < -0.39 is 0 Å². The van der Waals surface area contributed by atoms with E-state index in [2.05, 4.69) is 6.33 Å². The molecule has 0 aliphatic rings. The Labute approximate surface area is 58.4 Å². The SMILES string of the molecule is O.[SbH2][O][O][SbH2]. The van der Waals surface area contributed by atoms with Gasteiger partial charge in [0.2, 0.25) is 0 Å². The first-order chi connectivity index (χ1) is 1.91. The van der Waals surface area contributed by atoms with E-state index in [1.54, 1.807) is 0 Å². The summed E-state index contributed by atoms with van der Waals surface area (Å²) in [5, 5.41) is 0. The van der Waals surface area contributed by atoms with Gasteiger partial charge in [0, 0.05) is 0 Å². The summed E-state index contributed by atoms with van der Waals surface area (Å²) in [6, 6.07) is 0. The third-order valence-corrected chi connectivity index (χ3v) is 2.50. The first kappa shape index (κ1) is 9.72. The van der Waals surface area contributed by atoms with Gasteiger partial charge in [0.1, 0.15) is 0 Å². The van der Waals surface area contributed by atoms with Crippen molar-refractivity contribution in [1.29, 1.82) is 0 Å². The average molecular weight is 298 g/mol.